The average molecular weight is 445 g/mol. The molecule has 3 nitrogen and oxygen atoms in total. The predicted molar refractivity (Wildman–Crippen MR) is 131 cm³/mol. The van der Waals surface area contributed by atoms with Crippen molar-refractivity contribution >= 4 is 43.8 Å². The molecule has 2 aromatic heterocycles. The Morgan fingerprint density at radius 2 is 1.68 bits per heavy atom. The molecule has 1 amide bonds. The van der Waals surface area contributed by atoms with Gasteiger partial charge in [0.25, 0.3) is 5.91 Å². The lowest BCUT2D eigenvalue weighted by molar-refractivity contribution is 0.102. The standard InChI is InChI=1S/C26H24N2OS2/c29-24(18-14-13-16-7-1-2-8-17(16)15-18)28-26-23(19-9-3-5-11-21(19)30-26)25-27-20-10-4-6-12-22(20)31-25/h4,6,10,12-15H,1-3,5,7-9,11H2,(H,28,29). The minimum Gasteiger partial charge on any atom is -0.313 e. The van der Waals surface area contributed by atoms with Gasteiger partial charge in [0.1, 0.15) is 10.0 Å². The molecule has 2 aliphatic rings. The Balaban J connectivity index is 1.39. The van der Waals surface area contributed by atoms with Gasteiger partial charge in [-0.25, -0.2) is 4.98 Å². The van der Waals surface area contributed by atoms with Gasteiger partial charge in [0.2, 0.25) is 0 Å². The summed E-state index contributed by atoms with van der Waals surface area (Å²) in [5.41, 5.74) is 7.11. The van der Waals surface area contributed by atoms with Crippen molar-refractivity contribution in [3.05, 3.63) is 69.6 Å². The highest BCUT2D eigenvalue weighted by atomic mass is 32.1. The van der Waals surface area contributed by atoms with Crippen molar-refractivity contribution < 1.29 is 4.79 Å². The van der Waals surface area contributed by atoms with Crippen LogP contribution < -0.4 is 5.32 Å². The van der Waals surface area contributed by atoms with Crippen LogP contribution in [-0.2, 0) is 25.7 Å². The lowest BCUT2D eigenvalue weighted by Crippen LogP contribution is -2.13. The molecule has 31 heavy (non-hydrogen) atoms. The lowest BCUT2D eigenvalue weighted by atomic mass is 9.90. The summed E-state index contributed by atoms with van der Waals surface area (Å²) in [5, 5.41) is 5.28. The van der Waals surface area contributed by atoms with Crippen LogP contribution in [-0.4, -0.2) is 10.9 Å². The number of benzene rings is 2. The topological polar surface area (TPSA) is 42.0 Å². The fourth-order valence-electron chi connectivity index (χ4n) is 4.91. The van der Waals surface area contributed by atoms with E-state index in [0.717, 1.165) is 52.3 Å². The zero-order valence-corrected chi connectivity index (χ0v) is 19.0. The van der Waals surface area contributed by atoms with Crippen LogP contribution in [0.5, 0.6) is 0 Å². The summed E-state index contributed by atoms with van der Waals surface area (Å²) < 4.78 is 1.19. The zero-order valence-electron chi connectivity index (χ0n) is 17.4. The molecule has 4 aromatic rings. The maximum absolute atomic E-state index is 13.2. The van der Waals surface area contributed by atoms with E-state index >= 15 is 0 Å². The van der Waals surface area contributed by atoms with Gasteiger partial charge in [-0.1, -0.05) is 18.2 Å². The monoisotopic (exact) mass is 444 g/mol. The number of thiophene rings is 1. The fourth-order valence-corrected chi connectivity index (χ4v) is 7.30. The van der Waals surface area contributed by atoms with Gasteiger partial charge in [-0.15, -0.1) is 22.7 Å². The lowest BCUT2D eigenvalue weighted by Gasteiger charge is -2.16. The molecule has 6 rings (SSSR count). The third-order valence-electron chi connectivity index (χ3n) is 6.52. The molecule has 2 aromatic carbocycles. The second-order valence-corrected chi connectivity index (χ2v) is 10.7. The van der Waals surface area contributed by atoms with Crippen LogP contribution in [0.3, 0.4) is 0 Å². The van der Waals surface area contributed by atoms with Gasteiger partial charge >= 0.3 is 0 Å². The molecule has 0 aliphatic heterocycles. The highest BCUT2D eigenvalue weighted by Gasteiger charge is 2.25. The SMILES string of the molecule is O=C(Nc1sc2c(c1-c1nc3ccccc3s1)CCCC2)c1ccc2c(c1)CCCC2. The molecular formula is C26H24N2OS2. The number of nitrogens with one attached hydrogen (secondary N) is 1. The maximum atomic E-state index is 13.2. The molecule has 2 heterocycles. The van der Waals surface area contributed by atoms with Crippen molar-refractivity contribution in [1.82, 2.24) is 4.98 Å². The third kappa shape index (κ3) is 3.50. The normalized spacial score (nSPS) is 15.5. The van der Waals surface area contributed by atoms with Crippen molar-refractivity contribution in [2.75, 3.05) is 5.32 Å². The number of carbonyl (C=O) groups is 1. The smallest absolute Gasteiger partial charge is 0.256 e. The third-order valence-corrected chi connectivity index (χ3v) is 8.78. The largest absolute Gasteiger partial charge is 0.313 e. The molecule has 0 saturated carbocycles. The number of aryl methyl sites for hydroxylation is 3. The predicted octanol–water partition coefficient (Wildman–Crippen LogP) is 7.03. The van der Waals surface area contributed by atoms with Crippen LogP contribution in [0, 0.1) is 0 Å². The number of hydrogen-bond acceptors (Lipinski definition) is 4. The Morgan fingerprint density at radius 1 is 0.871 bits per heavy atom. The van der Waals surface area contributed by atoms with Gasteiger partial charge in [-0.05, 0) is 92.3 Å². The van der Waals surface area contributed by atoms with E-state index < -0.39 is 0 Å². The van der Waals surface area contributed by atoms with Crippen LogP contribution in [0.1, 0.15) is 57.6 Å². The van der Waals surface area contributed by atoms with Crippen molar-refractivity contribution in [2.45, 2.75) is 51.4 Å². The highest BCUT2D eigenvalue weighted by molar-refractivity contribution is 7.23. The van der Waals surface area contributed by atoms with Crippen molar-refractivity contribution in [3.63, 3.8) is 0 Å². The number of thiazole rings is 1. The number of aromatic nitrogens is 1. The molecule has 2 aliphatic carbocycles. The van der Waals surface area contributed by atoms with Crippen LogP contribution in [0.2, 0.25) is 0 Å². The summed E-state index contributed by atoms with van der Waals surface area (Å²) >= 11 is 3.48. The van der Waals surface area contributed by atoms with Gasteiger partial charge in [0.05, 0.1) is 10.2 Å². The Hall–Kier alpha value is -2.50. The Kier molecular flexibility index (Phi) is 4.88. The molecule has 0 atom stereocenters. The molecular weight excluding hydrogens is 420 g/mol. The van der Waals surface area contributed by atoms with Gasteiger partial charge in [-0.2, -0.15) is 0 Å². The fraction of sp³-hybridized carbons (Fsp3) is 0.308. The number of rotatable bonds is 3. The summed E-state index contributed by atoms with van der Waals surface area (Å²) in [4.78, 5) is 19.6. The van der Waals surface area contributed by atoms with E-state index in [1.165, 1.54) is 52.0 Å². The number of carbonyl (C=O) groups excluding carboxylic acids is 1. The van der Waals surface area contributed by atoms with Crippen LogP contribution >= 0.6 is 22.7 Å². The molecule has 0 bridgehead atoms. The van der Waals surface area contributed by atoms with Gasteiger partial charge < -0.3 is 5.32 Å². The first-order chi connectivity index (χ1) is 15.3. The van der Waals surface area contributed by atoms with E-state index in [9.17, 15) is 4.79 Å². The van der Waals surface area contributed by atoms with Gasteiger partial charge in [0, 0.05) is 16.0 Å². The quantitative estimate of drug-likeness (QED) is 0.368. The van der Waals surface area contributed by atoms with E-state index in [-0.39, 0.29) is 5.91 Å². The first-order valence-electron chi connectivity index (χ1n) is 11.2. The highest BCUT2D eigenvalue weighted by Crippen LogP contribution is 2.46. The molecule has 0 saturated heterocycles. The van der Waals surface area contributed by atoms with E-state index in [2.05, 4.69) is 35.6 Å². The summed E-state index contributed by atoms with van der Waals surface area (Å²) in [5.74, 6) is -0.00525. The van der Waals surface area contributed by atoms with Crippen molar-refractivity contribution in [1.29, 1.82) is 0 Å². The van der Waals surface area contributed by atoms with Crippen molar-refractivity contribution in [3.8, 4) is 10.6 Å². The number of hydrogen-bond donors (Lipinski definition) is 1. The molecule has 1 N–H and O–H groups in total. The van der Waals surface area contributed by atoms with E-state index in [1.54, 1.807) is 22.7 Å². The van der Waals surface area contributed by atoms with Gasteiger partial charge in [0.15, 0.2) is 0 Å². The zero-order chi connectivity index (χ0) is 20.8. The van der Waals surface area contributed by atoms with E-state index in [0.29, 0.717) is 0 Å². The number of para-hydroxylation sites is 1. The van der Waals surface area contributed by atoms with Crippen LogP contribution in [0.15, 0.2) is 42.5 Å². The molecule has 156 valence electrons. The molecule has 0 fully saturated rings. The second kappa shape index (κ2) is 7.88. The molecule has 5 heteroatoms. The molecule has 0 radical (unpaired) electrons. The summed E-state index contributed by atoms with van der Waals surface area (Å²) in [7, 11) is 0. The second-order valence-electron chi connectivity index (χ2n) is 8.55. The number of anilines is 1. The Morgan fingerprint density at radius 3 is 2.58 bits per heavy atom. The molecule has 0 unspecified atom stereocenters. The average Bonchev–Trinajstić information content (AvgIpc) is 3.39. The first kappa shape index (κ1) is 19.2. The Bertz CT molecular complexity index is 1270. The van der Waals surface area contributed by atoms with E-state index in [1.807, 2.05) is 12.1 Å². The first-order valence-corrected chi connectivity index (χ1v) is 12.8. The minimum atomic E-state index is -0.00525. The Labute approximate surface area is 190 Å². The van der Waals surface area contributed by atoms with Gasteiger partial charge in [-0.3, -0.25) is 4.79 Å². The summed E-state index contributed by atoms with van der Waals surface area (Å²) in [6.45, 7) is 0. The number of fused-ring (bicyclic) bond motifs is 3. The van der Waals surface area contributed by atoms with E-state index in [4.69, 9.17) is 4.98 Å². The maximum Gasteiger partial charge on any atom is 0.256 e. The van der Waals surface area contributed by atoms with Crippen LogP contribution in [0.4, 0.5) is 5.00 Å². The molecule has 0 spiro atoms. The summed E-state index contributed by atoms with van der Waals surface area (Å²) in [6, 6.07) is 14.5. The number of nitrogens with zero attached hydrogens (tertiary/aromatic N) is 1. The number of amides is 1. The minimum absolute atomic E-state index is 0.00525. The van der Waals surface area contributed by atoms with Crippen LogP contribution in [0.25, 0.3) is 20.8 Å². The summed E-state index contributed by atoms with van der Waals surface area (Å²) in [6.07, 6.45) is 9.31. The van der Waals surface area contributed by atoms with Crippen molar-refractivity contribution in [2.24, 2.45) is 0 Å².